The van der Waals surface area contributed by atoms with Gasteiger partial charge in [0, 0.05) is 28.7 Å². The highest BCUT2D eigenvalue weighted by molar-refractivity contribution is 5.96. The Morgan fingerprint density at radius 2 is 1.91 bits per heavy atom. The van der Waals surface area contributed by atoms with Crippen LogP contribution >= 0.6 is 0 Å². The van der Waals surface area contributed by atoms with Crippen molar-refractivity contribution in [2.75, 3.05) is 20.7 Å². The highest BCUT2D eigenvalue weighted by Gasteiger charge is 2.24. The molecule has 0 radical (unpaired) electrons. The molecule has 3 nitrogen and oxygen atoms in total. The lowest BCUT2D eigenvalue weighted by molar-refractivity contribution is 0.190. The van der Waals surface area contributed by atoms with Gasteiger partial charge in [0.15, 0.2) is 0 Å². The van der Waals surface area contributed by atoms with Crippen LogP contribution in [0, 0.1) is 0 Å². The highest BCUT2D eigenvalue weighted by Crippen LogP contribution is 2.40. The van der Waals surface area contributed by atoms with E-state index in [1.54, 1.807) is 0 Å². The predicted octanol–water partition coefficient (Wildman–Crippen LogP) is 3.70. The van der Waals surface area contributed by atoms with E-state index in [-0.39, 0.29) is 0 Å². The van der Waals surface area contributed by atoms with E-state index in [0.717, 1.165) is 24.3 Å². The van der Waals surface area contributed by atoms with Crippen LogP contribution in [0.4, 0.5) is 0 Å². The van der Waals surface area contributed by atoms with Crippen LogP contribution in [0.2, 0.25) is 0 Å². The molecule has 112 valence electrons. The monoisotopic (exact) mass is 292 g/mol. The average Bonchev–Trinajstić information content (AvgIpc) is 2.84. The number of hydrogen-bond acceptors (Lipinski definition) is 2. The second-order valence-electron chi connectivity index (χ2n) is 6.18. The lowest BCUT2D eigenvalue weighted by Crippen LogP contribution is -2.34. The molecule has 0 saturated heterocycles. The third-order valence-electron chi connectivity index (χ3n) is 4.57. The molecule has 0 aliphatic carbocycles. The molecule has 0 amide bonds. The van der Waals surface area contributed by atoms with E-state index in [9.17, 15) is 0 Å². The second kappa shape index (κ2) is 5.18. The van der Waals surface area contributed by atoms with E-state index in [0.29, 0.717) is 6.04 Å². The summed E-state index contributed by atoms with van der Waals surface area (Å²) in [7, 11) is 4.23. The van der Waals surface area contributed by atoms with Gasteiger partial charge in [-0.05, 0) is 43.8 Å². The summed E-state index contributed by atoms with van der Waals surface area (Å²) >= 11 is 0. The fourth-order valence-electron chi connectivity index (χ4n) is 3.24. The minimum absolute atomic E-state index is 0.398. The fraction of sp³-hybridized carbons (Fsp3) is 0.263. The maximum Gasteiger partial charge on any atom is 0.136 e. The van der Waals surface area contributed by atoms with Crippen molar-refractivity contribution in [3.63, 3.8) is 0 Å². The van der Waals surface area contributed by atoms with Gasteiger partial charge in [0.25, 0.3) is 0 Å². The molecule has 0 spiro atoms. The van der Waals surface area contributed by atoms with Gasteiger partial charge in [-0.2, -0.15) is 0 Å². The summed E-state index contributed by atoms with van der Waals surface area (Å²) in [6.45, 7) is 0.723. The van der Waals surface area contributed by atoms with Crippen molar-refractivity contribution in [2.45, 2.75) is 12.5 Å². The number of aromatic amines is 1. The minimum Gasteiger partial charge on any atom is -0.491 e. The van der Waals surface area contributed by atoms with Crippen LogP contribution < -0.4 is 4.74 Å². The molecular weight excluding hydrogens is 272 g/mol. The largest absolute Gasteiger partial charge is 0.491 e. The SMILES string of the molecule is CN(C)C1COc2c(-c3ccccc3)ccc3[nH]cc(c23)C1. The van der Waals surface area contributed by atoms with Crippen molar-refractivity contribution >= 4 is 10.9 Å². The first-order valence-electron chi connectivity index (χ1n) is 7.71. The summed E-state index contributed by atoms with van der Waals surface area (Å²) in [5.74, 6) is 1.02. The van der Waals surface area contributed by atoms with Gasteiger partial charge in [-0.15, -0.1) is 0 Å². The third-order valence-corrected chi connectivity index (χ3v) is 4.57. The molecule has 1 aliphatic heterocycles. The first kappa shape index (κ1) is 13.4. The summed E-state index contributed by atoms with van der Waals surface area (Å²) in [5.41, 5.74) is 4.88. The van der Waals surface area contributed by atoms with E-state index in [1.807, 2.05) is 6.07 Å². The average molecular weight is 292 g/mol. The highest BCUT2D eigenvalue weighted by atomic mass is 16.5. The molecule has 3 aromatic rings. The third kappa shape index (κ3) is 2.09. The molecule has 3 heteroatoms. The van der Waals surface area contributed by atoms with Crippen LogP contribution in [-0.2, 0) is 6.42 Å². The van der Waals surface area contributed by atoms with Crippen molar-refractivity contribution in [3.8, 4) is 16.9 Å². The molecule has 22 heavy (non-hydrogen) atoms. The van der Waals surface area contributed by atoms with Gasteiger partial charge in [0.2, 0.25) is 0 Å². The number of ether oxygens (including phenoxy) is 1. The van der Waals surface area contributed by atoms with Gasteiger partial charge in [-0.25, -0.2) is 0 Å². The van der Waals surface area contributed by atoms with Crippen molar-refractivity contribution in [1.29, 1.82) is 0 Å². The molecule has 1 N–H and O–H groups in total. The van der Waals surface area contributed by atoms with E-state index in [1.165, 1.54) is 22.1 Å². The van der Waals surface area contributed by atoms with Gasteiger partial charge in [0.05, 0.1) is 0 Å². The number of hydrogen-bond donors (Lipinski definition) is 1. The summed E-state index contributed by atoms with van der Waals surface area (Å²) < 4.78 is 6.28. The molecule has 4 rings (SSSR count). The smallest absolute Gasteiger partial charge is 0.136 e. The van der Waals surface area contributed by atoms with Crippen molar-refractivity contribution in [1.82, 2.24) is 9.88 Å². The standard InChI is InChI=1S/C19H20N2O/c1-21(2)15-10-14-11-20-17-9-8-16(13-6-4-3-5-7-13)19(18(14)17)22-12-15/h3-9,11,15,20H,10,12H2,1-2H3. The number of benzene rings is 2. The Kier molecular flexibility index (Phi) is 3.16. The number of likely N-dealkylation sites (N-methyl/N-ethyl adjacent to an activating group) is 1. The first-order valence-corrected chi connectivity index (χ1v) is 7.71. The van der Waals surface area contributed by atoms with Gasteiger partial charge in [-0.1, -0.05) is 30.3 Å². The Hall–Kier alpha value is -2.26. The van der Waals surface area contributed by atoms with Crippen LogP contribution in [0.1, 0.15) is 5.56 Å². The molecule has 1 atom stereocenters. The molecule has 0 saturated carbocycles. The lowest BCUT2D eigenvalue weighted by Gasteiger charge is -2.22. The zero-order valence-electron chi connectivity index (χ0n) is 13.0. The van der Waals surface area contributed by atoms with E-state index < -0.39 is 0 Å². The summed E-state index contributed by atoms with van der Waals surface area (Å²) in [6, 6.07) is 15.2. The summed E-state index contributed by atoms with van der Waals surface area (Å²) in [5, 5.41) is 1.24. The van der Waals surface area contributed by atoms with Gasteiger partial charge in [0.1, 0.15) is 12.4 Å². The van der Waals surface area contributed by atoms with Gasteiger partial charge >= 0.3 is 0 Å². The van der Waals surface area contributed by atoms with E-state index >= 15 is 0 Å². The number of H-pyrrole nitrogens is 1. The zero-order chi connectivity index (χ0) is 15.1. The second-order valence-corrected chi connectivity index (χ2v) is 6.18. The van der Waals surface area contributed by atoms with Crippen LogP contribution in [0.5, 0.6) is 5.75 Å². The molecule has 2 heterocycles. The minimum atomic E-state index is 0.398. The zero-order valence-corrected chi connectivity index (χ0v) is 13.0. The molecule has 0 fully saturated rings. The Morgan fingerprint density at radius 3 is 2.68 bits per heavy atom. The summed E-state index contributed by atoms with van der Waals surface area (Å²) in [6.07, 6.45) is 3.15. The van der Waals surface area contributed by atoms with E-state index in [2.05, 4.69) is 66.6 Å². The summed E-state index contributed by atoms with van der Waals surface area (Å²) in [4.78, 5) is 5.63. The fourth-order valence-corrected chi connectivity index (χ4v) is 3.24. The molecule has 1 aromatic heterocycles. The molecule has 0 bridgehead atoms. The number of rotatable bonds is 2. The molecule has 1 unspecified atom stereocenters. The number of aromatic nitrogens is 1. The molecular formula is C19H20N2O. The molecule has 2 aromatic carbocycles. The van der Waals surface area contributed by atoms with Crippen molar-refractivity contribution < 1.29 is 4.74 Å². The number of nitrogens with one attached hydrogen (secondary N) is 1. The lowest BCUT2D eigenvalue weighted by atomic mass is 9.99. The van der Waals surface area contributed by atoms with Gasteiger partial charge in [-0.3, -0.25) is 0 Å². The maximum absolute atomic E-state index is 6.28. The Bertz CT molecular complexity index is 805. The topological polar surface area (TPSA) is 28.3 Å². The van der Waals surface area contributed by atoms with Crippen LogP contribution in [-0.4, -0.2) is 36.6 Å². The van der Waals surface area contributed by atoms with Crippen LogP contribution in [0.25, 0.3) is 22.0 Å². The van der Waals surface area contributed by atoms with E-state index in [4.69, 9.17) is 4.74 Å². The maximum atomic E-state index is 6.28. The Balaban J connectivity index is 1.91. The van der Waals surface area contributed by atoms with Crippen LogP contribution in [0.15, 0.2) is 48.7 Å². The van der Waals surface area contributed by atoms with Crippen LogP contribution in [0.3, 0.4) is 0 Å². The first-order chi connectivity index (χ1) is 10.7. The number of nitrogens with zero attached hydrogens (tertiary/aromatic N) is 1. The van der Waals surface area contributed by atoms with Crippen molar-refractivity contribution in [3.05, 3.63) is 54.2 Å². The van der Waals surface area contributed by atoms with Gasteiger partial charge < -0.3 is 14.6 Å². The molecule has 1 aliphatic rings. The Labute approximate surface area is 130 Å². The normalized spacial score (nSPS) is 17.5. The van der Waals surface area contributed by atoms with Crippen molar-refractivity contribution in [2.24, 2.45) is 0 Å². The Morgan fingerprint density at radius 1 is 1.09 bits per heavy atom. The predicted molar refractivity (Wildman–Crippen MR) is 90.4 cm³/mol. The quantitative estimate of drug-likeness (QED) is 0.780.